The van der Waals surface area contributed by atoms with Gasteiger partial charge in [0, 0.05) is 11.8 Å². The molecule has 104 valence electrons. The molecule has 0 spiro atoms. The van der Waals surface area contributed by atoms with Crippen LogP contribution in [0.1, 0.15) is 29.5 Å². The Hall–Kier alpha value is -1.55. The highest BCUT2D eigenvalue weighted by Crippen LogP contribution is 2.40. The third-order valence-electron chi connectivity index (χ3n) is 3.89. The lowest BCUT2D eigenvalue weighted by Gasteiger charge is -2.43. The number of benzene rings is 1. The molecule has 19 heavy (non-hydrogen) atoms. The molecule has 0 saturated carbocycles. The van der Waals surface area contributed by atoms with E-state index in [0.29, 0.717) is 19.6 Å². The molecule has 4 nitrogen and oxygen atoms in total. The summed E-state index contributed by atoms with van der Waals surface area (Å²) in [6, 6.07) is 4.13. The Labute approximate surface area is 113 Å². The molecule has 1 aliphatic heterocycles. The highest BCUT2D eigenvalue weighted by molar-refractivity contribution is 5.67. The van der Waals surface area contributed by atoms with Gasteiger partial charge in [-0.05, 0) is 43.0 Å². The van der Waals surface area contributed by atoms with Crippen molar-refractivity contribution >= 4 is 5.97 Å². The standard InChI is InChI=1S/C15H20O4/c1-10-7-13(18-3)11(2)6-12(10)15(8-19-9-15)5-4-14(16)17/h6-7H,4-5,8-9H2,1-3H3,(H,16,17). The second-order valence-corrected chi connectivity index (χ2v) is 5.30. The van der Waals surface area contributed by atoms with E-state index in [-0.39, 0.29) is 11.8 Å². The van der Waals surface area contributed by atoms with Gasteiger partial charge in [-0.25, -0.2) is 0 Å². The van der Waals surface area contributed by atoms with Crippen LogP contribution >= 0.6 is 0 Å². The average molecular weight is 264 g/mol. The van der Waals surface area contributed by atoms with E-state index in [9.17, 15) is 4.79 Å². The van der Waals surface area contributed by atoms with Crippen LogP contribution in [0.25, 0.3) is 0 Å². The molecule has 1 aromatic carbocycles. The van der Waals surface area contributed by atoms with Gasteiger partial charge < -0.3 is 14.6 Å². The van der Waals surface area contributed by atoms with Gasteiger partial charge >= 0.3 is 5.97 Å². The Balaban J connectivity index is 2.33. The summed E-state index contributed by atoms with van der Waals surface area (Å²) in [5, 5.41) is 8.89. The molecule has 1 aliphatic rings. The van der Waals surface area contributed by atoms with Crippen LogP contribution in [-0.2, 0) is 14.9 Å². The molecule has 0 bridgehead atoms. The number of ether oxygens (including phenoxy) is 2. The predicted octanol–water partition coefficient (Wildman–Crippen LogP) is 2.44. The molecule has 1 fully saturated rings. The van der Waals surface area contributed by atoms with Crippen molar-refractivity contribution in [2.45, 2.75) is 32.1 Å². The summed E-state index contributed by atoms with van der Waals surface area (Å²) in [5.41, 5.74) is 3.26. The Morgan fingerprint density at radius 2 is 2.05 bits per heavy atom. The second-order valence-electron chi connectivity index (χ2n) is 5.30. The Morgan fingerprint density at radius 3 is 2.53 bits per heavy atom. The maximum Gasteiger partial charge on any atom is 0.303 e. The van der Waals surface area contributed by atoms with Crippen LogP contribution in [0.2, 0.25) is 0 Å². The van der Waals surface area contributed by atoms with E-state index in [2.05, 4.69) is 6.07 Å². The normalized spacial score (nSPS) is 16.8. The van der Waals surface area contributed by atoms with Crippen LogP contribution in [0.5, 0.6) is 5.75 Å². The fraction of sp³-hybridized carbons (Fsp3) is 0.533. The Bertz CT molecular complexity index is 489. The van der Waals surface area contributed by atoms with E-state index < -0.39 is 5.97 Å². The minimum Gasteiger partial charge on any atom is -0.496 e. The molecular weight excluding hydrogens is 244 g/mol. The quantitative estimate of drug-likeness (QED) is 0.887. The van der Waals surface area contributed by atoms with Gasteiger partial charge in [0.1, 0.15) is 5.75 Å². The summed E-state index contributed by atoms with van der Waals surface area (Å²) in [7, 11) is 1.66. The number of hydrogen-bond acceptors (Lipinski definition) is 3. The summed E-state index contributed by atoms with van der Waals surface area (Å²) in [6.45, 7) is 5.25. The van der Waals surface area contributed by atoms with Crippen molar-refractivity contribution in [3.05, 3.63) is 28.8 Å². The van der Waals surface area contributed by atoms with Gasteiger partial charge in [-0.2, -0.15) is 0 Å². The van der Waals surface area contributed by atoms with Crippen LogP contribution in [0.4, 0.5) is 0 Å². The summed E-state index contributed by atoms with van der Waals surface area (Å²) in [4.78, 5) is 10.8. The molecule has 1 heterocycles. The van der Waals surface area contributed by atoms with Crippen molar-refractivity contribution in [1.29, 1.82) is 0 Å². The van der Waals surface area contributed by atoms with E-state index in [4.69, 9.17) is 14.6 Å². The maximum atomic E-state index is 10.8. The number of carboxylic acid groups (broad SMARTS) is 1. The lowest BCUT2D eigenvalue weighted by Crippen LogP contribution is -2.47. The SMILES string of the molecule is COc1cc(C)c(C2(CCC(=O)O)COC2)cc1C. The van der Waals surface area contributed by atoms with E-state index in [0.717, 1.165) is 16.9 Å². The van der Waals surface area contributed by atoms with Gasteiger partial charge in [-0.3, -0.25) is 4.79 Å². The molecule has 0 radical (unpaired) electrons. The maximum absolute atomic E-state index is 10.8. The molecule has 0 amide bonds. The van der Waals surface area contributed by atoms with Gasteiger partial charge in [-0.1, -0.05) is 6.07 Å². The van der Waals surface area contributed by atoms with Gasteiger partial charge in [0.25, 0.3) is 0 Å². The number of methoxy groups -OCH3 is 1. The fourth-order valence-electron chi connectivity index (χ4n) is 2.71. The Kier molecular flexibility index (Phi) is 3.80. The van der Waals surface area contributed by atoms with Gasteiger partial charge in [-0.15, -0.1) is 0 Å². The first kappa shape index (κ1) is 13.9. The second kappa shape index (κ2) is 5.21. The average Bonchev–Trinajstić information content (AvgIpc) is 2.31. The summed E-state index contributed by atoms with van der Waals surface area (Å²) < 4.78 is 10.7. The highest BCUT2D eigenvalue weighted by Gasteiger charge is 2.41. The molecule has 4 heteroatoms. The summed E-state index contributed by atoms with van der Waals surface area (Å²) in [6.07, 6.45) is 0.794. The van der Waals surface area contributed by atoms with Crippen molar-refractivity contribution < 1.29 is 19.4 Å². The van der Waals surface area contributed by atoms with Crippen molar-refractivity contribution in [2.75, 3.05) is 20.3 Å². The number of rotatable bonds is 5. The molecule has 1 aromatic rings. The lowest BCUT2D eigenvalue weighted by molar-refractivity contribution is -0.139. The first-order valence-corrected chi connectivity index (χ1v) is 6.44. The zero-order chi connectivity index (χ0) is 14.0. The molecule has 2 rings (SSSR count). The fourth-order valence-corrected chi connectivity index (χ4v) is 2.71. The number of carboxylic acids is 1. The van der Waals surface area contributed by atoms with Crippen LogP contribution in [0.15, 0.2) is 12.1 Å². The predicted molar refractivity (Wildman–Crippen MR) is 71.8 cm³/mol. The van der Waals surface area contributed by atoms with Crippen LogP contribution in [0, 0.1) is 13.8 Å². The first-order chi connectivity index (χ1) is 8.98. The molecule has 1 saturated heterocycles. The molecule has 0 aliphatic carbocycles. The van der Waals surface area contributed by atoms with Crippen molar-refractivity contribution in [3.63, 3.8) is 0 Å². The van der Waals surface area contributed by atoms with E-state index in [1.165, 1.54) is 5.56 Å². The molecule has 0 unspecified atom stereocenters. The molecule has 0 atom stereocenters. The third-order valence-corrected chi connectivity index (χ3v) is 3.89. The lowest BCUT2D eigenvalue weighted by atomic mass is 9.73. The first-order valence-electron chi connectivity index (χ1n) is 6.44. The highest BCUT2D eigenvalue weighted by atomic mass is 16.5. The van der Waals surface area contributed by atoms with Gasteiger partial charge in [0.05, 0.1) is 20.3 Å². The minimum absolute atomic E-state index is 0.139. The van der Waals surface area contributed by atoms with Crippen molar-refractivity contribution in [2.24, 2.45) is 0 Å². The van der Waals surface area contributed by atoms with Crippen LogP contribution in [0.3, 0.4) is 0 Å². The van der Waals surface area contributed by atoms with Gasteiger partial charge in [0.15, 0.2) is 0 Å². The minimum atomic E-state index is -0.755. The number of aliphatic carboxylic acids is 1. The van der Waals surface area contributed by atoms with Crippen LogP contribution < -0.4 is 4.74 Å². The van der Waals surface area contributed by atoms with Gasteiger partial charge in [0.2, 0.25) is 0 Å². The third kappa shape index (κ3) is 2.59. The van der Waals surface area contributed by atoms with E-state index in [1.807, 2.05) is 19.9 Å². The smallest absolute Gasteiger partial charge is 0.303 e. The summed E-state index contributed by atoms with van der Waals surface area (Å²) >= 11 is 0. The number of aryl methyl sites for hydroxylation is 2. The van der Waals surface area contributed by atoms with Crippen molar-refractivity contribution in [1.82, 2.24) is 0 Å². The molecule has 0 aromatic heterocycles. The van der Waals surface area contributed by atoms with Crippen molar-refractivity contribution in [3.8, 4) is 5.75 Å². The van der Waals surface area contributed by atoms with Crippen LogP contribution in [-0.4, -0.2) is 31.4 Å². The Morgan fingerprint density at radius 1 is 1.37 bits per heavy atom. The molecule has 1 N–H and O–H groups in total. The molecular formula is C15H20O4. The van der Waals surface area contributed by atoms with E-state index >= 15 is 0 Å². The topological polar surface area (TPSA) is 55.8 Å². The number of hydrogen-bond donors (Lipinski definition) is 1. The monoisotopic (exact) mass is 264 g/mol. The zero-order valence-corrected chi connectivity index (χ0v) is 11.7. The zero-order valence-electron chi connectivity index (χ0n) is 11.7. The van der Waals surface area contributed by atoms with E-state index in [1.54, 1.807) is 7.11 Å². The summed E-state index contributed by atoms with van der Waals surface area (Å²) in [5.74, 6) is 0.115. The number of carbonyl (C=O) groups is 1. The largest absolute Gasteiger partial charge is 0.496 e.